The maximum Gasteiger partial charge on any atom is 0.207 e. The third-order valence-electron chi connectivity index (χ3n) is 2.00. The molecule has 1 amide bonds. The first-order chi connectivity index (χ1) is 4.88. The number of hydrogen-bond acceptors (Lipinski definition) is 2. The molecule has 2 atom stereocenters. The van der Waals surface area contributed by atoms with Crippen molar-refractivity contribution >= 4 is 18.2 Å². The Kier molecular flexibility index (Phi) is 3.06. The van der Waals surface area contributed by atoms with Crippen LogP contribution in [0, 0.1) is 5.92 Å². The molecular formula is C7H13NOS. The van der Waals surface area contributed by atoms with Gasteiger partial charge in [0.15, 0.2) is 0 Å². The summed E-state index contributed by atoms with van der Waals surface area (Å²) in [5.74, 6) is 3.01. The van der Waals surface area contributed by atoms with Crippen LogP contribution < -0.4 is 5.32 Å². The first-order valence-corrected chi connectivity index (χ1v) is 4.81. The standard InChI is InChI=1S/C7H13NOS/c1-2-6-3-10-4-7(6)8-5-9/h5-7H,2-4H2,1H3,(H,8,9). The fourth-order valence-electron chi connectivity index (χ4n) is 1.27. The predicted molar refractivity (Wildman–Crippen MR) is 44.1 cm³/mol. The van der Waals surface area contributed by atoms with E-state index in [1.807, 2.05) is 11.8 Å². The lowest BCUT2D eigenvalue weighted by molar-refractivity contribution is -0.110. The average molecular weight is 159 g/mol. The highest BCUT2D eigenvalue weighted by atomic mass is 32.2. The fraction of sp³-hybridized carbons (Fsp3) is 0.857. The molecule has 0 aromatic heterocycles. The van der Waals surface area contributed by atoms with Gasteiger partial charge < -0.3 is 5.32 Å². The molecule has 1 N–H and O–H groups in total. The number of carbonyl (C=O) groups is 1. The normalized spacial score (nSPS) is 32.1. The van der Waals surface area contributed by atoms with Crippen molar-refractivity contribution in [2.75, 3.05) is 11.5 Å². The molecular weight excluding hydrogens is 146 g/mol. The Balaban J connectivity index is 2.34. The minimum atomic E-state index is 0.437. The van der Waals surface area contributed by atoms with Gasteiger partial charge in [-0.15, -0.1) is 0 Å². The summed E-state index contributed by atoms with van der Waals surface area (Å²) in [6.45, 7) is 2.18. The van der Waals surface area contributed by atoms with E-state index in [-0.39, 0.29) is 0 Å². The maximum absolute atomic E-state index is 10.1. The van der Waals surface area contributed by atoms with E-state index in [0.717, 1.165) is 12.2 Å². The molecule has 58 valence electrons. The van der Waals surface area contributed by atoms with Crippen LogP contribution in [-0.4, -0.2) is 24.0 Å². The van der Waals surface area contributed by atoms with E-state index in [0.29, 0.717) is 12.0 Å². The van der Waals surface area contributed by atoms with Crippen molar-refractivity contribution in [1.29, 1.82) is 0 Å². The van der Waals surface area contributed by atoms with E-state index in [9.17, 15) is 4.79 Å². The molecule has 1 heterocycles. The van der Waals surface area contributed by atoms with Crippen molar-refractivity contribution < 1.29 is 4.79 Å². The first kappa shape index (κ1) is 7.92. The Morgan fingerprint density at radius 3 is 3.10 bits per heavy atom. The molecule has 0 aromatic carbocycles. The summed E-state index contributed by atoms with van der Waals surface area (Å²) in [7, 11) is 0. The van der Waals surface area contributed by atoms with Gasteiger partial charge in [0.2, 0.25) is 6.41 Å². The molecule has 0 bridgehead atoms. The highest BCUT2D eigenvalue weighted by Gasteiger charge is 2.25. The average Bonchev–Trinajstić information content (AvgIpc) is 2.36. The van der Waals surface area contributed by atoms with Gasteiger partial charge in [0.1, 0.15) is 0 Å². The van der Waals surface area contributed by atoms with Crippen LogP contribution in [0.4, 0.5) is 0 Å². The van der Waals surface area contributed by atoms with Gasteiger partial charge in [-0.3, -0.25) is 4.79 Å². The molecule has 3 heteroatoms. The van der Waals surface area contributed by atoms with Crippen LogP contribution >= 0.6 is 11.8 Å². The lowest BCUT2D eigenvalue weighted by Gasteiger charge is -2.14. The molecule has 0 saturated carbocycles. The Hall–Kier alpha value is -0.180. The molecule has 2 nitrogen and oxygen atoms in total. The summed E-state index contributed by atoms with van der Waals surface area (Å²) in [5.41, 5.74) is 0. The zero-order valence-electron chi connectivity index (χ0n) is 6.17. The Morgan fingerprint density at radius 1 is 1.70 bits per heavy atom. The van der Waals surface area contributed by atoms with Gasteiger partial charge in [0.25, 0.3) is 0 Å². The van der Waals surface area contributed by atoms with E-state index in [1.165, 1.54) is 12.2 Å². The Morgan fingerprint density at radius 2 is 2.50 bits per heavy atom. The maximum atomic E-state index is 10.1. The van der Waals surface area contributed by atoms with E-state index in [2.05, 4.69) is 12.2 Å². The highest BCUT2D eigenvalue weighted by molar-refractivity contribution is 7.99. The van der Waals surface area contributed by atoms with E-state index >= 15 is 0 Å². The lowest BCUT2D eigenvalue weighted by Crippen LogP contribution is -2.33. The van der Waals surface area contributed by atoms with Gasteiger partial charge >= 0.3 is 0 Å². The van der Waals surface area contributed by atoms with E-state index < -0.39 is 0 Å². The van der Waals surface area contributed by atoms with Crippen LogP contribution in [0.1, 0.15) is 13.3 Å². The third-order valence-corrected chi connectivity index (χ3v) is 3.26. The second-order valence-electron chi connectivity index (χ2n) is 2.60. The molecule has 1 aliphatic rings. The van der Waals surface area contributed by atoms with Crippen LogP contribution in [0.15, 0.2) is 0 Å². The van der Waals surface area contributed by atoms with Crippen LogP contribution in [-0.2, 0) is 4.79 Å². The summed E-state index contributed by atoms with van der Waals surface area (Å²) in [6.07, 6.45) is 2.00. The first-order valence-electron chi connectivity index (χ1n) is 3.66. The molecule has 0 radical (unpaired) electrons. The van der Waals surface area contributed by atoms with Crippen LogP contribution in [0.3, 0.4) is 0 Å². The molecule has 1 aliphatic heterocycles. The number of amides is 1. The number of nitrogens with one attached hydrogen (secondary N) is 1. The van der Waals surface area contributed by atoms with Gasteiger partial charge in [-0.25, -0.2) is 0 Å². The quantitative estimate of drug-likeness (QED) is 0.619. The van der Waals surface area contributed by atoms with E-state index in [1.54, 1.807) is 0 Å². The van der Waals surface area contributed by atoms with E-state index in [4.69, 9.17) is 0 Å². The summed E-state index contributed by atoms with van der Waals surface area (Å²) in [6, 6.07) is 0.437. The van der Waals surface area contributed by atoms with Gasteiger partial charge in [0.05, 0.1) is 0 Å². The van der Waals surface area contributed by atoms with Gasteiger partial charge in [-0.05, 0) is 11.7 Å². The SMILES string of the molecule is CCC1CSCC1NC=O. The molecule has 0 aromatic rings. The van der Waals surface area contributed by atoms with Gasteiger partial charge in [-0.2, -0.15) is 11.8 Å². The van der Waals surface area contributed by atoms with Crippen molar-refractivity contribution in [1.82, 2.24) is 5.32 Å². The van der Waals surface area contributed by atoms with Gasteiger partial charge in [0, 0.05) is 11.8 Å². The molecule has 0 spiro atoms. The third kappa shape index (κ3) is 1.66. The Labute approximate surface area is 65.8 Å². The van der Waals surface area contributed by atoms with Crippen LogP contribution in [0.5, 0.6) is 0 Å². The van der Waals surface area contributed by atoms with Crippen molar-refractivity contribution in [2.24, 2.45) is 5.92 Å². The minimum absolute atomic E-state index is 0.437. The van der Waals surface area contributed by atoms with Crippen LogP contribution in [0.25, 0.3) is 0 Å². The smallest absolute Gasteiger partial charge is 0.207 e. The van der Waals surface area contributed by atoms with Crippen molar-refractivity contribution in [3.05, 3.63) is 0 Å². The summed E-state index contributed by atoms with van der Waals surface area (Å²) >= 11 is 1.93. The zero-order valence-corrected chi connectivity index (χ0v) is 6.99. The van der Waals surface area contributed by atoms with Crippen molar-refractivity contribution in [3.63, 3.8) is 0 Å². The van der Waals surface area contributed by atoms with Gasteiger partial charge in [-0.1, -0.05) is 13.3 Å². The largest absolute Gasteiger partial charge is 0.355 e. The van der Waals surface area contributed by atoms with Crippen molar-refractivity contribution in [2.45, 2.75) is 19.4 Å². The molecule has 0 aliphatic carbocycles. The second kappa shape index (κ2) is 3.86. The Bertz CT molecular complexity index is 118. The minimum Gasteiger partial charge on any atom is -0.355 e. The topological polar surface area (TPSA) is 29.1 Å². The summed E-state index contributed by atoms with van der Waals surface area (Å²) in [5, 5.41) is 2.84. The fourth-order valence-corrected chi connectivity index (χ4v) is 2.80. The number of rotatable bonds is 3. The monoisotopic (exact) mass is 159 g/mol. The number of carbonyl (C=O) groups excluding carboxylic acids is 1. The summed E-state index contributed by atoms with van der Waals surface area (Å²) in [4.78, 5) is 10.1. The molecule has 1 rings (SSSR count). The molecule has 1 saturated heterocycles. The number of thioether (sulfide) groups is 1. The zero-order chi connectivity index (χ0) is 7.40. The molecule has 2 unspecified atom stereocenters. The molecule has 1 fully saturated rings. The lowest BCUT2D eigenvalue weighted by atomic mass is 10.0. The summed E-state index contributed by atoms with van der Waals surface area (Å²) < 4.78 is 0. The van der Waals surface area contributed by atoms with Crippen LogP contribution in [0.2, 0.25) is 0 Å². The van der Waals surface area contributed by atoms with Crippen molar-refractivity contribution in [3.8, 4) is 0 Å². The molecule has 10 heavy (non-hydrogen) atoms. The second-order valence-corrected chi connectivity index (χ2v) is 3.67. The highest BCUT2D eigenvalue weighted by Crippen LogP contribution is 2.25. The number of hydrogen-bond donors (Lipinski definition) is 1. The predicted octanol–water partition coefficient (Wildman–Crippen LogP) is 0.874.